The number of anilines is 1. The van der Waals surface area contributed by atoms with Crippen LogP contribution in [0.5, 0.6) is 0 Å². The van der Waals surface area contributed by atoms with Crippen molar-refractivity contribution in [3.05, 3.63) is 41.9 Å². The number of halogens is 3. The van der Waals surface area contributed by atoms with Crippen LogP contribution >= 0.6 is 0 Å². The second kappa shape index (κ2) is 7.94. The highest BCUT2D eigenvalue weighted by atomic mass is 19.4. The number of hydrogen-bond donors (Lipinski definition) is 3. The topological polar surface area (TPSA) is 113 Å². The molecule has 8 nitrogen and oxygen atoms in total. The summed E-state index contributed by atoms with van der Waals surface area (Å²) in [6, 6.07) is -1.04. The van der Waals surface area contributed by atoms with Gasteiger partial charge in [-0.05, 0) is 11.5 Å². The van der Waals surface area contributed by atoms with E-state index in [0.29, 0.717) is 6.20 Å². The minimum Gasteiger partial charge on any atom is -0.388 e. The van der Waals surface area contributed by atoms with Gasteiger partial charge < -0.3 is 20.3 Å². The van der Waals surface area contributed by atoms with Crippen LogP contribution in [0.4, 0.5) is 19.0 Å². The molecule has 0 aliphatic carbocycles. The minimum absolute atomic E-state index is 0.173. The molecule has 1 fully saturated rings. The van der Waals surface area contributed by atoms with Crippen molar-refractivity contribution >= 4 is 5.82 Å². The highest BCUT2D eigenvalue weighted by molar-refractivity contribution is 5.35. The van der Waals surface area contributed by atoms with E-state index in [-0.39, 0.29) is 24.2 Å². The van der Waals surface area contributed by atoms with Gasteiger partial charge in [-0.25, -0.2) is 15.0 Å². The summed E-state index contributed by atoms with van der Waals surface area (Å²) < 4.78 is 44.2. The summed E-state index contributed by atoms with van der Waals surface area (Å²) >= 11 is 0. The number of nitrogens with zero attached hydrogens (tertiary/aromatic N) is 4. The van der Waals surface area contributed by atoms with Gasteiger partial charge in [-0.3, -0.25) is 4.98 Å². The molecule has 28 heavy (non-hydrogen) atoms. The predicted molar refractivity (Wildman–Crippen MR) is 91.3 cm³/mol. The second-order valence-electron chi connectivity index (χ2n) is 6.80. The Hall–Kier alpha value is -2.37. The van der Waals surface area contributed by atoms with Gasteiger partial charge in [0.05, 0.1) is 25.0 Å². The quantitative estimate of drug-likeness (QED) is 0.712. The molecule has 0 radical (unpaired) electrons. The van der Waals surface area contributed by atoms with Gasteiger partial charge in [0.1, 0.15) is 24.1 Å². The Morgan fingerprint density at radius 3 is 2.43 bits per heavy atom. The van der Waals surface area contributed by atoms with Crippen molar-refractivity contribution in [2.45, 2.75) is 50.3 Å². The third-order valence-corrected chi connectivity index (χ3v) is 4.39. The van der Waals surface area contributed by atoms with E-state index in [1.54, 1.807) is 12.4 Å². The molecule has 4 atom stereocenters. The van der Waals surface area contributed by atoms with E-state index in [0.717, 1.165) is 11.8 Å². The van der Waals surface area contributed by atoms with E-state index >= 15 is 0 Å². The van der Waals surface area contributed by atoms with Gasteiger partial charge in [-0.15, -0.1) is 0 Å². The van der Waals surface area contributed by atoms with Gasteiger partial charge in [0.2, 0.25) is 0 Å². The van der Waals surface area contributed by atoms with Gasteiger partial charge in [-0.1, -0.05) is 13.8 Å². The van der Waals surface area contributed by atoms with Gasteiger partial charge in [-0.2, -0.15) is 13.2 Å². The molecule has 0 unspecified atom stereocenters. The van der Waals surface area contributed by atoms with Crippen molar-refractivity contribution in [2.75, 3.05) is 11.9 Å². The number of aliphatic hydroxyl groups is 2. The third-order valence-electron chi connectivity index (χ3n) is 4.39. The number of aliphatic hydroxyl groups excluding tert-OH is 2. The van der Waals surface area contributed by atoms with Crippen molar-refractivity contribution in [1.29, 1.82) is 0 Å². The average molecular weight is 399 g/mol. The first-order valence-electron chi connectivity index (χ1n) is 8.62. The molecule has 11 heteroatoms. The lowest BCUT2D eigenvalue weighted by Gasteiger charge is -2.38. The van der Waals surface area contributed by atoms with E-state index in [4.69, 9.17) is 4.74 Å². The fraction of sp³-hybridized carbons (Fsp3) is 0.529. The Morgan fingerprint density at radius 1 is 1.14 bits per heavy atom. The van der Waals surface area contributed by atoms with E-state index in [9.17, 15) is 23.4 Å². The fourth-order valence-corrected chi connectivity index (χ4v) is 2.76. The molecule has 3 rings (SSSR count). The van der Waals surface area contributed by atoms with Gasteiger partial charge >= 0.3 is 6.18 Å². The van der Waals surface area contributed by atoms with Crippen molar-refractivity contribution in [3.63, 3.8) is 0 Å². The molecule has 3 N–H and O–H groups in total. The Bertz CT molecular complexity index is 803. The number of hydrogen-bond acceptors (Lipinski definition) is 8. The molecular formula is C17H20F3N5O3. The Balaban J connectivity index is 1.88. The van der Waals surface area contributed by atoms with Gasteiger partial charge in [0.15, 0.2) is 11.5 Å². The lowest BCUT2D eigenvalue weighted by molar-refractivity contribution is -0.141. The lowest BCUT2D eigenvalue weighted by atomic mass is 9.96. The highest BCUT2D eigenvalue weighted by Crippen LogP contribution is 2.31. The summed E-state index contributed by atoms with van der Waals surface area (Å²) in [5.41, 5.74) is -0.285. The van der Waals surface area contributed by atoms with Crippen LogP contribution < -0.4 is 5.32 Å². The molecule has 2 aromatic heterocycles. The number of nitrogens with one attached hydrogen (secondary N) is 1. The zero-order valence-corrected chi connectivity index (χ0v) is 15.1. The summed E-state index contributed by atoms with van der Waals surface area (Å²) in [5, 5.41) is 23.0. The van der Waals surface area contributed by atoms with Crippen molar-refractivity contribution in [2.24, 2.45) is 0 Å². The molecule has 1 saturated heterocycles. The fourth-order valence-electron chi connectivity index (χ4n) is 2.76. The van der Waals surface area contributed by atoms with Crippen LogP contribution in [0.15, 0.2) is 24.8 Å². The smallest absolute Gasteiger partial charge is 0.388 e. The monoisotopic (exact) mass is 399 g/mol. The van der Waals surface area contributed by atoms with E-state index < -0.39 is 36.2 Å². The Morgan fingerprint density at radius 2 is 1.82 bits per heavy atom. The molecule has 0 saturated carbocycles. The van der Waals surface area contributed by atoms with Crippen LogP contribution in [-0.2, 0) is 10.9 Å². The molecule has 0 bridgehead atoms. The molecule has 0 aromatic carbocycles. The predicted octanol–water partition coefficient (Wildman–Crippen LogP) is 1.68. The van der Waals surface area contributed by atoms with Crippen LogP contribution in [0.2, 0.25) is 0 Å². The van der Waals surface area contributed by atoms with Crippen LogP contribution in [0.1, 0.15) is 43.0 Å². The Labute approximate surface area is 158 Å². The molecular weight excluding hydrogens is 379 g/mol. The summed E-state index contributed by atoms with van der Waals surface area (Å²) in [4.78, 5) is 15.5. The first-order chi connectivity index (χ1) is 13.2. The summed E-state index contributed by atoms with van der Waals surface area (Å²) in [5.74, 6) is 0.219. The average Bonchev–Trinajstić information content (AvgIpc) is 2.65. The number of alkyl halides is 3. The molecule has 1 aliphatic heterocycles. The second-order valence-corrected chi connectivity index (χ2v) is 6.80. The first kappa shape index (κ1) is 20.4. The summed E-state index contributed by atoms with van der Waals surface area (Å²) in [6.45, 7) is 3.78. The number of rotatable bonds is 4. The summed E-state index contributed by atoms with van der Waals surface area (Å²) in [7, 11) is 0. The van der Waals surface area contributed by atoms with E-state index in [2.05, 4.69) is 25.3 Å². The highest BCUT2D eigenvalue weighted by Gasteiger charge is 2.41. The molecule has 0 spiro atoms. The first-order valence-corrected chi connectivity index (χ1v) is 8.62. The summed E-state index contributed by atoms with van der Waals surface area (Å²) in [6.07, 6.45) is -3.23. The van der Waals surface area contributed by atoms with Crippen molar-refractivity contribution in [1.82, 2.24) is 19.9 Å². The SMILES string of the molecule is CC(C)c1cnc([C@H]2OC[C@H](O)[C@H](O)[C@H]2Nc2cncc(C(F)(F)F)n2)nc1. The van der Waals surface area contributed by atoms with E-state index in [1.807, 2.05) is 13.8 Å². The molecule has 1 aliphatic rings. The zero-order chi connectivity index (χ0) is 20.5. The van der Waals surface area contributed by atoms with Crippen molar-refractivity contribution in [3.8, 4) is 0 Å². The lowest BCUT2D eigenvalue weighted by Crippen LogP contribution is -2.53. The van der Waals surface area contributed by atoms with E-state index in [1.165, 1.54) is 0 Å². The molecule has 3 heterocycles. The van der Waals surface area contributed by atoms with Gasteiger partial charge in [0, 0.05) is 12.4 Å². The zero-order valence-electron chi connectivity index (χ0n) is 15.1. The third kappa shape index (κ3) is 4.37. The van der Waals surface area contributed by atoms with Crippen molar-refractivity contribution < 1.29 is 28.1 Å². The molecule has 2 aromatic rings. The standard InChI is InChI=1S/C17H20F3N5O3/c1-8(2)9-3-22-16(23-4-9)15-13(14(27)10(26)7-28-15)25-12-6-21-5-11(24-12)17(18,19)20/h3-6,8,10,13-15,26-27H,7H2,1-2H3,(H,24,25)/t10-,13+,14-,15-/m0/s1. The minimum atomic E-state index is -4.67. The molecule has 152 valence electrons. The van der Waals surface area contributed by atoms with Crippen LogP contribution in [0, 0.1) is 0 Å². The maximum Gasteiger partial charge on any atom is 0.434 e. The van der Waals surface area contributed by atoms with Gasteiger partial charge in [0.25, 0.3) is 0 Å². The number of ether oxygens (including phenoxy) is 1. The number of aromatic nitrogens is 4. The van der Waals surface area contributed by atoms with Crippen LogP contribution in [-0.4, -0.2) is 55.0 Å². The molecule has 0 amide bonds. The van der Waals surface area contributed by atoms with Crippen LogP contribution in [0.3, 0.4) is 0 Å². The normalized spacial score (nSPS) is 25.7. The van der Waals surface area contributed by atoms with Crippen LogP contribution in [0.25, 0.3) is 0 Å². The maximum absolute atomic E-state index is 12.9. The largest absolute Gasteiger partial charge is 0.434 e. The Kier molecular flexibility index (Phi) is 5.77. The maximum atomic E-state index is 12.9.